The van der Waals surface area contributed by atoms with Gasteiger partial charge in [-0.1, -0.05) is 30.3 Å². The molecule has 0 heterocycles. The molecule has 128 valence electrons. The zero-order valence-corrected chi connectivity index (χ0v) is 12.5. The summed E-state index contributed by atoms with van der Waals surface area (Å²) in [5.74, 6) is -3.59. The quantitative estimate of drug-likeness (QED) is 0.591. The van der Waals surface area contributed by atoms with Gasteiger partial charge in [-0.25, -0.2) is 4.39 Å². The summed E-state index contributed by atoms with van der Waals surface area (Å²) in [5, 5.41) is 20.6. The average molecular weight is 339 g/mol. The molecule has 1 atom stereocenters. The molecule has 0 bridgehead atoms. The highest BCUT2D eigenvalue weighted by Crippen LogP contribution is 2.31. The van der Waals surface area contributed by atoms with E-state index in [4.69, 9.17) is 9.47 Å². The number of hydrogen-bond acceptors (Lipinski definition) is 5. The molecule has 0 fully saturated rings. The number of rotatable bonds is 8. The van der Waals surface area contributed by atoms with Crippen LogP contribution >= 0.6 is 0 Å². The van der Waals surface area contributed by atoms with Gasteiger partial charge >= 0.3 is 5.69 Å². The monoisotopic (exact) mass is 339 g/mol. The fourth-order valence-corrected chi connectivity index (χ4v) is 1.92. The number of hydrogen-bond donors (Lipinski definition) is 1. The summed E-state index contributed by atoms with van der Waals surface area (Å²) >= 11 is 0. The third-order valence-corrected chi connectivity index (χ3v) is 3.07. The van der Waals surface area contributed by atoms with Crippen LogP contribution in [-0.4, -0.2) is 29.3 Å². The summed E-state index contributed by atoms with van der Waals surface area (Å²) in [6.07, 6.45) is -1.16. The molecule has 0 radical (unpaired) electrons. The highest BCUT2D eigenvalue weighted by Gasteiger charge is 2.24. The van der Waals surface area contributed by atoms with Gasteiger partial charge in [-0.3, -0.25) is 10.1 Å². The molecule has 0 spiro atoms. The van der Waals surface area contributed by atoms with Crippen LogP contribution in [0, 0.1) is 21.7 Å². The van der Waals surface area contributed by atoms with Crippen LogP contribution in [0.2, 0.25) is 0 Å². The summed E-state index contributed by atoms with van der Waals surface area (Å²) in [6, 6.07) is 10.6. The topological polar surface area (TPSA) is 81.8 Å². The van der Waals surface area contributed by atoms with Gasteiger partial charge in [0.1, 0.15) is 12.7 Å². The second kappa shape index (κ2) is 8.32. The maximum absolute atomic E-state index is 13.6. The van der Waals surface area contributed by atoms with Crippen LogP contribution in [0.3, 0.4) is 0 Å². The van der Waals surface area contributed by atoms with Crippen LogP contribution < -0.4 is 4.74 Å². The number of aliphatic hydroxyl groups is 1. The van der Waals surface area contributed by atoms with Crippen molar-refractivity contribution in [3.63, 3.8) is 0 Å². The van der Waals surface area contributed by atoms with Crippen molar-refractivity contribution in [2.45, 2.75) is 12.7 Å². The smallest absolute Gasteiger partial charge is 0.314 e. The summed E-state index contributed by atoms with van der Waals surface area (Å²) in [6.45, 7) is -0.345. The fraction of sp³-hybridized carbons (Fsp3) is 0.250. The highest BCUT2D eigenvalue weighted by atomic mass is 19.2. The average Bonchev–Trinajstić information content (AvgIpc) is 2.56. The Kier molecular flexibility index (Phi) is 6.16. The molecule has 24 heavy (non-hydrogen) atoms. The second-order valence-corrected chi connectivity index (χ2v) is 4.93. The van der Waals surface area contributed by atoms with Crippen molar-refractivity contribution in [1.29, 1.82) is 0 Å². The van der Waals surface area contributed by atoms with Gasteiger partial charge in [0, 0.05) is 6.07 Å². The molecule has 2 aromatic rings. The van der Waals surface area contributed by atoms with Gasteiger partial charge in [-0.05, 0) is 11.6 Å². The maximum Gasteiger partial charge on any atom is 0.314 e. The summed E-state index contributed by atoms with van der Waals surface area (Å²) in [4.78, 5) is 9.92. The van der Waals surface area contributed by atoms with Gasteiger partial charge in [-0.15, -0.1) is 0 Å². The number of ether oxygens (including phenoxy) is 2. The van der Waals surface area contributed by atoms with Crippen LogP contribution in [0.5, 0.6) is 5.75 Å². The molecule has 0 aliphatic heterocycles. The van der Waals surface area contributed by atoms with E-state index in [1.165, 1.54) is 0 Å². The first-order chi connectivity index (χ1) is 11.5. The number of nitro groups is 1. The Balaban J connectivity index is 1.88. The first-order valence-electron chi connectivity index (χ1n) is 7.04. The number of halogens is 2. The van der Waals surface area contributed by atoms with E-state index < -0.39 is 40.7 Å². The molecule has 0 saturated carbocycles. The largest absolute Gasteiger partial charge is 0.482 e. The summed E-state index contributed by atoms with van der Waals surface area (Å²) < 4.78 is 37.0. The van der Waals surface area contributed by atoms with Crippen molar-refractivity contribution in [1.82, 2.24) is 0 Å². The molecule has 0 aromatic heterocycles. The van der Waals surface area contributed by atoms with Gasteiger partial charge in [-0.2, -0.15) is 4.39 Å². The SMILES string of the molecule is O=[N+]([O-])c1ccc(F)c(F)c1OC[C@H](O)COCc1ccccc1. The molecule has 1 N–H and O–H groups in total. The van der Waals surface area contributed by atoms with Gasteiger partial charge in [0.25, 0.3) is 0 Å². The van der Waals surface area contributed by atoms with Crippen LogP contribution in [-0.2, 0) is 11.3 Å². The molecular formula is C16H15F2NO5. The van der Waals surface area contributed by atoms with E-state index in [2.05, 4.69) is 0 Å². The zero-order valence-electron chi connectivity index (χ0n) is 12.5. The predicted octanol–water partition coefficient (Wildman–Crippen LogP) is 2.83. The first-order valence-corrected chi connectivity index (χ1v) is 7.04. The van der Waals surface area contributed by atoms with Crippen molar-refractivity contribution >= 4 is 5.69 Å². The Morgan fingerprint density at radius 3 is 2.50 bits per heavy atom. The molecule has 2 aromatic carbocycles. The van der Waals surface area contributed by atoms with Crippen LogP contribution in [0.25, 0.3) is 0 Å². The number of benzene rings is 2. The molecule has 0 amide bonds. The summed E-state index contributed by atoms with van der Waals surface area (Å²) in [5.41, 5.74) is 0.184. The van der Waals surface area contributed by atoms with Gasteiger partial charge in [0.2, 0.25) is 11.6 Å². The minimum atomic E-state index is -1.47. The first kappa shape index (κ1) is 17.8. The Morgan fingerprint density at radius 2 is 1.83 bits per heavy atom. The number of aliphatic hydroxyl groups excluding tert-OH is 1. The predicted molar refractivity (Wildman–Crippen MR) is 80.6 cm³/mol. The van der Waals surface area contributed by atoms with Crippen molar-refractivity contribution in [2.24, 2.45) is 0 Å². The normalized spacial score (nSPS) is 12.0. The van der Waals surface area contributed by atoms with Crippen molar-refractivity contribution < 1.29 is 28.3 Å². The minimum absolute atomic E-state index is 0.125. The lowest BCUT2D eigenvalue weighted by Gasteiger charge is -2.13. The maximum atomic E-state index is 13.6. The lowest BCUT2D eigenvalue weighted by Crippen LogP contribution is -2.24. The van der Waals surface area contributed by atoms with Crippen molar-refractivity contribution in [3.8, 4) is 5.75 Å². The summed E-state index contributed by atoms with van der Waals surface area (Å²) in [7, 11) is 0. The third kappa shape index (κ3) is 4.71. The van der Waals surface area contributed by atoms with Gasteiger partial charge in [0.15, 0.2) is 5.82 Å². The molecule has 6 nitrogen and oxygen atoms in total. The standard InChI is InChI=1S/C16H15F2NO5/c17-13-6-7-14(19(21)22)16(15(13)18)24-10-12(20)9-23-8-11-4-2-1-3-5-11/h1-7,12,20H,8-10H2/t12-/m1/s1. The van der Waals surface area contributed by atoms with E-state index in [1.807, 2.05) is 30.3 Å². The molecule has 0 unspecified atom stereocenters. The molecule has 0 aliphatic carbocycles. The Hall–Kier alpha value is -2.58. The van der Waals surface area contributed by atoms with Crippen molar-refractivity contribution in [3.05, 3.63) is 69.8 Å². The van der Waals surface area contributed by atoms with E-state index in [9.17, 15) is 24.0 Å². The molecule has 2 rings (SSSR count). The van der Waals surface area contributed by atoms with Crippen LogP contribution in [0.15, 0.2) is 42.5 Å². The molecule has 0 aliphatic rings. The van der Waals surface area contributed by atoms with E-state index in [-0.39, 0.29) is 13.2 Å². The molecule has 8 heteroatoms. The van der Waals surface area contributed by atoms with E-state index >= 15 is 0 Å². The number of nitro benzene ring substituents is 1. The second-order valence-electron chi connectivity index (χ2n) is 4.93. The molecule has 0 saturated heterocycles. The lowest BCUT2D eigenvalue weighted by atomic mass is 10.2. The lowest BCUT2D eigenvalue weighted by molar-refractivity contribution is -0.386. The molecular weight excluding hydrogens is 324 g/mol. The zero-order chi connectivity index (χ0) is 17.5. The fourth-order valence-electron chi connectivity index (χ4n) is 1.92. The highest BCUT2D eigenvalue weighted by molar-refractivity contribution is 5.47. The van der Waals surface area contributed by atoms with E-state index in [1.54, 1.807) is 0 Å². The van der Waals surface area contributed by atoms with Crippen LogP contribution in [0.1, 0.15) is 5.56 Å². The van der Waals surface area contributed by atoms with Gasteiger partial charge in [0.05, 0.1) is 18.1 Å². The van der Waals surface area contributed by atoms with Crippen LogP contribution in [0.4, 0.5) is 14.5 Å². The Bertz CT molecular complexity index is 696. The van der Waals surface area contributed by atoms with E-state index in [0.29, 0.717) is 6.07 Å². The third-order valence-electron chi connectivity index (χ3n) is 3.07. The Morgan fingerprint density at radius 1 is 1.12 bits per heavy atom. The Labute approximate surface area is 136 Å². The van der Waals surface area contributed by atoms with Crippen molar-refractivity contribution in [2.75, 3.05) is 13.2 Å². The minimum Gasteiger partial charge on any atom is -0.482 e. The number of nitrogens with zero attached hydrogens (tertiary/aromatic N) is 1. The van der Waals surface area contributed by atoms with Gasteiger partial charge < -0.3 is 14.6 Å². The van der Waals surface area contributed by atoms with E-state index in [0.717, 1.165) is 11.6 Å².